The van der Waals surface area contributed by atoms with Crippen molar-refractivity contribution in [2.24, 2.45) is 28.4 Å². The average molecular weight is 999 g/mol. The van der Waals surface area contributed by atoms with Crippen LogP contribution < -0.4 is 27.0 Å². The highest BCUT2D eigenvalue weighted by atomic mass is 79.9. The Labute approximate surface area is 395 Å². The van der Waals surface area contributed by atoms with E-state index in [9.17, 15) is 44.1 Å². The van der Waals surface area contributed by atoms with Crippen molar-refractivity contribution in [1.82, 2.24) is 16.0 Å². The average Bonchev–Trinajstić information content (AvgIpc) is 3.81. The summed E-state index contributed by atoms with van der Waals surface area (Å²) in [6.45, 7) is 1.53. The van der Waals surface area contributed by atoms with Crippen LogP contribution in [-0.4, -0.2) is 124 Å². The van der Waals surface area contributed by atoms with E-state index in [2.05, 4.69) is 37.2 Å². The fourth-order valence-electron chi connectivity index (χ4n) is 11.4. The third kappa shape index (κ3) is 9.15. The zero-order valence-corrected chi connectivity index (χ0v) is 38.9. The van der Waals surface area contributed by atoms with E-state index in [-0.39, 0.29) is 36.6 Å². The summed E-state index contributed by atoms with van der Waals surface area (Å²) in [5, 5.41) is 42.1. The van der Waals surface area contributed by atoms with E-state index in [1.165, 1.54) is 19.1 Å². The standard InChI is InChI=1S/C48H58BrF2N5O11/c1-45-14-13-30(59)18-33(45)34(50)19-32-31-20-39-48(38(61)25-58,46(31,2)21-37(60)47(32,45)51)67-44(66-39)28-11-9-26(10-12-28)16-27-6-5-7-29(17-27)54-42(64)35(8-3-4-15-52)56-43(65)36(24-57)55-41(63)23-53-40(62)22-49/h5-7,9-14,17-18,31-32,34-37,39,44,57-58,60H,3-4,8,15-16,19-25,52H2,1-2H3,(H,53,62)(H,54,64)(H,55,63)(H,56,65)/t31-,32-,34-,35-,36-,37-,39+,44+,45-,46-,47-,48+/m0/s1. The lowest BCUT2D eigenvalue weighted by Crippen LogP contribution is -2.70. The van der Waals surface area contributed by atoms with E-state index in [0.717, 1.165) is 17.2 Å². The van der Waals surface area contributed by atoms with Crippen LogP contribution in [0, 0.1) is 22.7 Å². The van der Waals surface area contributed by atoms with Gasteiger partial charge in [0, 0.05) is 28.0 Å². The number of ether oxygens (including phenoxy) is 2. The van der Waals surface area contributed by atoms with Crippen molar-refractivity contribution in [3.63, 3.8) is 0 Å². The van der Waals surface area contributed by atoms with Gasteiger partial charge in [0.2, 0.25) is 23.6 Å². The minimum Gasteiger partial charge on any atom is -0.394 e. The number of benzene rings is 2. The first-order chi connectivity index (χ1) is 31.9. The fraction of sp³-hybridized carbons (Fsp3) is 0.542. The van der Waals surface area contributed by atoms with Gasteiger partial charge in [0.05, 0.1) is 30.7 Å². The third-order valence-corrected chi connectivity index (χ3v) is 15.3. The van der Waals surface area contributed by atoms with Gasteiger partial charge in [-0.15, -0.1) is 0 Å². The van der Waals surface area contributed by atoms with Crippen LogP contribution in [0.5, 0.6) is 0 Å². The molecule has 0 spiro atoms. The second kappa shape index (κ2) is 20.1. The van der Waals surface area contributed by atoms with Crippen molar-refractivity contribution in [2.45, 2.75) is 107 Å². The van der Waals surface area contributed by atoms with Crippen molar-refractivity contribution in [3.8, 4) is 0 Å². The predicted molar refractivity (Wildman–Crippen MR) is 243 cm³/mol. The number of alkyl halides is 3. The van der Waals surface area contributed by atoms with Crippen LogP contribution in [0.25, 0.3) is 0 Å². The molecule has 9 N–H and O–H groups in total. The summed E-state index contributed by atoms with van der Waals surface area (Å²) in [5.41, 5.74) is 1.35. The number of hydrogen-bond donors (Lipinski definition) is 8. The summed E-state index contributed by atoms with van der Waals surface area (Å²) in [7, 11) is 0. The van der Waals surface area contributed by atoms with Gasteiger partial charge in [-0.3, -0.25) is 28.8 Å². The number of anilines is 1. The van der Waals surface area contributed by atoms with Crippen molar-refractivity contribution >= 4 is 56.8 Å². The molecular formula is C48H58BrF2N5O11. The number of unbranched alkanes of at least 4 members (excludes halogenated alkanes) is 1. The maximum absolute atomic E-state index is 17.8. The van der Waals surface area contributed by atoms with Gasteiger partial charge in [0.1, 0.15) is 24.9 Å². The molecule has 1 saturated heterocycles. The lowest BCUT2D eigenvalue weighted by Gasteiger charge is -2.63. The normalized spacial score (nSPS) is 32.4. The Morgan fingerprint density at radius 3 is 2.39 bits per heavy atom. The Kier molecular flexibility index (Phi) is 15.0. The summed E-state index contributed by atoms with van der Waals surface area (Å²) >= 11 is 2.97. The van der Waals surface area contributed by atoms with E-state index in [4.69, 9.17) is 15.2 Å². The number of ketones is 2. The minimum atomic E-state index is -2.36. The molecule has 19 heteroatoms. The van der Waals surface area contributed by atoms with Crippen LogP contribution >= 0.6 is 15.9 Å². The van der Waals surface area contributed by atoms with Crippen molar-refractivity contribution in [2.75, 3.05) is 37.0 Å². The van der Waals surface area contributed by atoms with Crippen molar-refractivity contribution in [1.29, 1.82) is 0 Å². The van der Waals surface area contributed by atoms with Crippen LogP contribution in [0.15, 0.2) is 72.3 Å². The number of allylic oxidation sites excluding steroid dienone is 4. The van der Waals surface area contributed by atoms with Crippen LogP contribution in [0.3, 0.4) is 0 Å². The zero-order valence-electron chi connectivity index (χ0n) is 37.3. The quantitative estimate of drug-likeness (QED) is 0.0793. The first kappa shape index (κ1) is 50.1. The molecule has 0 aromatic heterocycles. The molecule has 67 heavy (non-hydrogen) atoms. The molecule has 2 aromatic rings. The van der Waals surface area contributed by atoms with Gasteiger partial charge in [-0.2, -0.15) is 0 Å². The summed E-state index contributed by atoms with van der Waals surface area (Å²) in [6, 6.07) is 11.9. The zero-order chi connectivity index (χ0) is 48.5. The first-order valence-corrected chi connectivity index (χ1v) is 23.7. The largest absolute Gasteiger partial charge is 0.394 e. The third-order valence-electron chi connectivity index (χ3n) is 14.8. The van der Waals surface area contributed by atoms with Crippen LogP contribution in [0.4, 0.5) is 14.5 Å². The maximum atomic E-state index is 17.8. The molecule has 7 rings (SSSR count). The number of nitrogens with two attached hydrogens (primary N) is 1. The van der Waals surface area contributed by atoms with E-state index in [0.29, 0.717) is 37.1 Å². The Morgan fingerprint density at radius 2 is 1.70 bits per heavy atom. The van der Waals surface area contributed by atoms with Gasteiger partial charge in [-0.1, -0.05) is 65.3 Å². The molecule has 0 bridgehead atoms. The minimum absolute atomic E-state index is 0.00650. The number of aliphatic hydroxyl groups is 3. The Bertz CT molecular complexity index is 2320. The van der Waals surface area contributed by atoms with Crippen molar-refractivity contribution < 1.29 is 62.3 Å². The summed E-state index contributed by atoms with van der Waals surface area (Å²) in [5.74, 6) is -5.36. The molecule has 3 saturated carbocycles. The highest BCUT2D eigenvalue weighted by Crippen LogP contribution is 2.72. The Balaban J connectivity index is 1.02. The highest BCUT2D eigenvalue weighted by molar-refractivity contribution is 9.09. The van der Waals surface area contributed by atoms with Gasteiger partial charge in [0.15, 0.2) is 29.1 Å². The number of carbonyl (C=O) groups is 6. The molecule has 1 aliphatic heterocycles. The summed E-state index contributed by atoms with van der Waals surface area (Å²) in [6.07, 6.45) is -0.360. The monoisotopic (exact) mass is 997 g/mol. The molecular weight excluding hydrogens is 940 g/mol. The fourth-order valence-corrected chi connectivity index (χ4v) is 11.6. The summed E-state index contributed by atoms with van der Waals surface area (Å²) < 4.78 is 46.9. The van der Waals surface area contributed by atoms with E-state index < -0.39 is 126 Å². The number of halogens is 3. The second-order valence-electron chi connectivity index (χ2n) is 18.7. The molecule has 2 aromatic carbocycles. The van der Waals surface area contributed by atoms with Crippen molar-refractivity contribution in [3.05, 3.63) is 89.0 Å². The molecule has 16 nitrogen and oxygen atoms in total. The molecule has 4 aliphatic carbocycles. The number of fused-ring (bicyclic) bond motifs is 7. The van der Waals surface area contributed by atoms with Gasteiger partial charge >= 0.3 is 0 Å². The molecule has 1 heterocycles. The smallest absolute Gasteiger partial charge is 0.246 e. The molecule has 12 atom stereocenters. The molecule has 362 valence electrons. The van der Waals surface area contributed by atoms with E-state index in [1.54, 1.807) is 37.3 Å². The first-order valence-electron chi connectivity index (χ1n) is 22.5. The van der Waals surface area contributed by atoms with Gasteiger partial charge < -0.3 is 51.8 Å². The summed E-state index contributed by atoms with van der Waals surface area (Å²) in [4.78, 5) is 76.7. The number of hydrogen-bond acceptors (Lipinski definition) is 12. The van der Waals surface area contributed by atoms with Crippen LogP contribution in [0.2, 0.25) is 0 Å². The molecule has 0 unspecified atom stereocenters. The SMILES string of the molecule is C[C@]12C=CC(=O)C=C1[C@@H](F)C[C@H]1[C@@H]3C[C@H]4O[C@@H](c5ccc(Cc6cccc(NC(=O)[C@H](CCCCN)NC(=O)[C@H](CO)NC(=O)CNC(=O)CBr)c6)cc5)O[C@@]4(C(=O)CO)[C@@]3(C)C[C@H](O)[C@@]12F. The molecule has 0 radical (unpaired) electrons. The maximum Gasteiger partial charge on any atom is 0.246 e. The van der Waals surface area contributed by atoms with Gasteiger partial charge in [-0.05, 0) is 105 Å². The second-order valence-corrected chi connectivity index (χ2v) is 19.2. The van der Waals surface area contributed by atoms with E-state index >= 15 is 8.78 Å². The highest BCUT2D eigenvalue weighted by Gasteiger charge is 2.80. The number of amides is 4. The lowest BCUT2D eigenvalue weighted by atomic mass is 9.44. The Morgan fingerprint density at radius 1 is 0.955 bits per heavy atom. The number of rotatable bonds is 18. The van der Waals surface area contributed by atoms with Crippen LogP contribution in [-0.2, 0) is 44.7 Å². The molecule has 4 fully saturated rings. The van der Waals surface area contributed by atoms with Gasteiger partial charge in [-0.25, -0.2) is 8.78 Å². The number of aliphatic hydroxyl groups excluding tert-OH is 3. The number of Topliss-reactive ketones (excluding diaryl/α,β-unsaturated/α-hetero) is 1. The number of nitrogens with one attached hydrogen (secondary N) is 4. The molecule has 5 aliphatic rings. The van der Waals surface area contributed by atoms with E-state index in [1.807, 2.05) is 18.2 Å². The van der Waals surface area contributed by atoms with Gasteiger partial charge in [0.25, 0.3) is 0 Å². The van der Waals surface area contributed by atoms with Crippen LogP contribution in [0.1, 0.15) is 75.4 Å². The number of carbonyl (C=O) groups excluding carboxylic acids is 6. The Hall–Kier alpha value is -4.76. The predicted octanol–water partition coefficient (Wildman–Crippen LogP) is 2.46. The lowest BCUT2D eigenvalue weighted by molar-refractivity contribution is -0.235. The topological polar surface area (TPSA) is 256 Å². The molecule has 4 amide bonds.